The van der Waals surface area contributed by atoms with E-state index in [1.807, 2.05) is 0 Å². The van der Waals surface area contributed by atoms with Gasteiger partial charge in [-0.25, -0.2) is 0 Å². The van der Waals surface area contributed by atoms with E-state index in [4.69, 9.17) is 0 Å². The van der Waals surface area contributed by atoms with E-state index in [0.717, 1.165) is 30.4 Å². The molecular formula is C15H11F2N3O4. The Hall–Kier alpha value is -3.36. The first kappa shape index (κ1) is 17.0. The summed E-state index contributed by atoms with van der Waals surface area (Å²) in [6, 6.07) is 6.24. The van der Waals surface area contributed by atoms with Crippen molar-refractivity contribution in [2.75, 3.05) is 5.32 Å². The average Bonchev–Trinajstić information content (AvgIpc) is 2.54. The third-order valence-corrected chi connectivity index (χ3v) is 2.78. The Bertz CT molecular complexity index is 767. The van der Waals surface area contributed by atoms with E-state index in [2.05, 4.69) is 15.0 Å². The molecule has 0 bridgehead atoms. The van der Waals surface area contributed by atoms with Crippen LogP contribution in [-0.2, 0) is 4.79 Å². The van der Waals surface area contributed by atoms with Gasteiger partial charge in [-0.3, -0.25) is 19.9 Å². The van der Waals surface area contributed by atoms with Crippen LogP contribution < -0.4 is 10.1 Å². The quantitative estimate of drug-likeness (QED) is 0.497. The normalized spacial score (nSPS) is 10.8. The number of alkyl halides is 2. The number of nitrogens with zero attached hydrogens (tertiary/aromatic N) is 2. The predicted molar refractivity (Wildman–Crippen MR) is 81.6 cm³/mol. The molecule has 1 heterocycles. The minimum Gasteiger partial charge on any atom is -0.434 e. The largest absolute Gasteiger partial charge is 0.434 e. The molecule has 0 saturated heterocycles. The molecular weight excluding hydrogens is 324 g/mol. The van der Waals surface area contributed by atoms with Crippen molar-refractivity contribution in [3.63, 3.8) is 0 Å². The van der Waals surface area contributed by atoms with Crippen LogP contribution in [0.5, 0.6) is 5.75 Å². The molecule has 7 nitrogen and oxygen atoms in total. The summed E-state index contributed by atoms with van der Waals surface area (Å²) in [6.07, 6.45) is 5.17. The number of hydrogen-bond donors (Lipinski definition) is 1. The first-order valence-corrected chi connectivity index (χ1v) is 6.58. The molecule has 0 radical (unpaired) electrons. The lowest BCUT2D eigenvalue weighted by Gasteiger charge is -2.07. The molecule has 124 valence electrons. The van der Waals surface area contributed by atoms with Gasteiger partial charge in [0.05, 0.1) is 4.92 Å². The Morgan fingerprint density at radius 2 is 2.00 bits per heavy atom. The molecule has 0 atom stereocenters. The first-order chi connectivity index (χ1) is 11.5. The number of ether oxygens (including phenoxy) is 1. The number of nitro benzene ring substituents is 1. The van der Waals surface area contributed by atoms with Crippen molar-refractivity contribution < 1.29 is 23.2 Å². The SMILES string of the molecule is O=C(/C=C/c1cc([N+](=O)[O-])ccc1OC(F)F)Nc1ccncc1. The average molecular weight is 335 g/mol. The molecule has 0 unspecified atom stereocenters. The standard InChI is InChI=1S/C15H11F2N3O4/c16-15(17)24-13-3-2-12(20(22)23)9-10(13)1-4-14(21)19-11-5-7-18-8-6-11/h1-9,15H,(H,18,19,21)/b4-1+. The number of anilines is 1. The third kappa shape index (κ3) is 4.83. The molecule has 0 fully saturated rings. The highest BCUT2D eigenvalue weighted by Crippen LogP contribution is 2.26. The molecule has 0 spiro atoms. The summed E-state index contributed by atoms with van der Waals surface area (Å²) < 4.78 is 29.0. The minimum absolute atomic E-state index is 0.0191. The van der Waals surface area contributed by atoms with Gasteiger partial charge in [0.2, 0.25) is 5.91 Å². The molecule has 9 heteroatoms. The van der Waals surface area contributed by atoms with Crippen LogP contribution in [0.2, 0.25) is 0 Å². The molecule has 0 aliphatic carbocycles. The summed E-state index contributed by atoms with van der Waals surface area (Å²) in [4.78, 5) is 25.7. The minimum atomic E-state index is -3.09. The van der Waals surface area contributed by atoms with Crippen molar-refractivity contribution >= 4 is 23.4 Å². The summed E-state index contributed by atoms with van der Waals surface area (Å²) in [5, 5.41) is 13.3. The van der Waals surface area contributed by atoms with E-state index in [9.17, 15) is 23.7 Å². The number of nitro groups is 1. The number of carbonyl (C=O) groups is 1. The molecule has 2 aromatic rings. The number of rotatable bonds is 6. The third-order valence-electron chi connectivity index (χ3n) is 2.78. The van der Waals surface area contributed by atoms with Gasteiger partial charge < -0.3 is 10.1 Å². The zero-order chi connectivity index (χ0) is 17.5. The second-order valence-electron chi connectivity index (χ2n) is 4.42. The number of nitrogens with one attached hydrogen (secondary N) is 1. The lowest BCUT2D eigenvalue weighted by molar-refractivity contribution is -0.384. The van der Waals surface area contributed by atoms with E-state index in [0.29, 0.717) is 5.69 Å². The Kier molecular flexibility index (Phi) is 5.50. The van der Waals surface area contributed by atoms with Gasteiger partial charge in [0, 0.05) is 41.9 Å². The number of hydrogen-bond acceptors (Lipinski definition) is 5. The molecule has 24 heavy (non-hydrogen) atoms. The molecule has 0 saturated carbocycles. The number of amides is 1. The lowest BCUT2D eigenvalue weighted by atomic mass is 10.1. The molecule has 1 amide bonds. The molecule has 0 aliphatic heterocycles. The van der Waals surface area contributed by atoms with E-state index in [1.165, 1.54) is 12.4 Å². The summed E-state index contributed by atoms with van der Waals surface area (Å²) in [5.74, 6) is -0.820. The Labute approximate surface area is 134 Å². The van der Waals surface area contributed by atoms with E-state index >= 15 is 0 Å². The topological polar surface area (TPSA) is 94.4 Å². The molecule has 2 rings (SSSR count). The van der Waals surface area contributed by atoms with Gasteiger partial charge in [-0.05, 0) is 24.3 Å². The summed E-state index contributed by atoms with van der Waals surface area (Å²) in [6.45, 7) is -3.09. The zero-order valence-corrected chi connectivity index (χ0v) is 12.1. The number of non-ortho nitro benzene ring substituents is 1. The number of aromatic nitrogens is 1. The van der Waals surface area contributed by atoms with Crippen LogP contribution >= 0.6 is 0 Å². The van der Waals surface area contributed by atoms with E-state index < -0.39 is 17.4 Å². The van der Waals surface area contributed by atoms with Gasteiger partial charge in [0.15, 0.2) is 0 Å². The van der Waals surface area contributed by atoms with Crippen molar-refractivity contribution in [1.82, 2.24) is 4.98 Å². The smallest absolute Gasteiger partial charge is 0.387 e. The van der Waals surface area contributed by atoms with Gasteiger partial charge in [-0.2, -0.15) is 8.78 Å². The Morgan fingerprint density at radius 3 is 2.62 bits per heavy atom. The van der Waals surface area contributed by atoms with Crippen molar-refractivity contribution in [3.8, 4) is 5.75 Å². The van der Waals surface area contributed by atoms with Gasteiger partial charge in [-0.1, -0.05) is 0 Å². The first-order valence-electron chi connectivity index (χ1n) is 6.58. The maximum absolute atomic E-state index is 12.4. The van der Waals surface area contributed by atoms with Gasteiger partial charge >= 0.3 is 6.61 Å². The molecule has 1 aromatic heterocycles. The van der Waals surface area contributed by atoms with Crippen LogP contribution in [0.3, 0.4) is 0 Å². The number of halogens is 2. The van der Waals surface area contributed by atoms with Crippen molar-refractivity contribution in [2.24, 2.45) is 0 Å². The van der Waals surface area contributed by atoms with Crippen molar-refractivity contribution in [2.45, 2.75) is 6.61 Å². The lowest BCUT2D eigenvalue weighted by Crippen LogP contribution is -2.08. The monoisotopic (exact) mass is 335 g/mol. The van der Waals surface area contributed by atoms with Gasteiger partial charge in [0.1, 0.15) is 5.75 Å². The van der Waals surface area contributed by atoms with Crippen LogP contribution in [0.1, 0.15) is 5.56 Å². The van der Waals surface area contributed by atoms with Crippen LogP contribution in [0.25, 0.3) is 6.08 Å². The van der Waals surface area contributed by atoms with E-state index in [-0.39, 0.29) is 17.0 Å². The van der Waals surface area contributed by atoms with Gasteiger partial charge in [-0.15, -0.1) is 0 Å². The highest BCUT2D eigenvalue weighted by atomic mass is 19.3. The van der Waals surface area contributed by atoms with Crippen molar-refractivity contribution in [1.29, 1.82) is 0 Å². The van der Waals surface area contributed by atoms with E-state index in [1.54, 1.807) is 12.1 Å². The number of pyridine rings is 1. The second-order valence-corrected chi connectivity index (χ2v) is 4.42. The van der Waals surface area contributed by atoms with Crippen LogP contribution in [0.15, 0.2) is 48.8 Å². The Balaban J connectivity index is 2.20. The Morgan fingerprint density at radius 1 is 1.29 bits per heavy atom. The maximum Gasteiger partial charge on any atom is 0.387 e. The summed E-state index contributed by atoms with van der Waals surface area (Å²) in [7, 11) is 0. The predicted octanol–water partition coefficient (Wildman–Crippen LogP) is 3.24. The fourth-order valence-corrected chi connectivity index (χ4v) is 1.77. The maximum atomic E-state index is 12.4. The van der Waals surface area contributed by atoms with Crippen LogP contribution in [0, 0.1) is 10.1 Å². The summed E-state index contributed by atoms with van der Waals surface area (Å²) in [5.41, 5.74) is 0.155. The molecule has 1 aromatic carbocycles. The highest BCUT2D eigenvalue weighted by Gasteiger charge is 2.13. The summed E-state index contributed by atoms with van der Waals surface area (Å²) >= 11 is 0. The fourth-order valence-electron chi connectivity index (χ4n) is 1.77. The highest BCUT2D eigenvalue weighted by molar-refractivity contribution is 6.02. The van der Waals surface area contributed by atoms with Crippen molar-refractivity contribution in [3.05, 3.63) is 64.5 Å². The van der Waals surface area contributed by atoms with Crippen LogP contribution in [-0.4, -0.2) is 22.4 Å². The second kappa shape index (κ2) is 7.77. The molecule has 1 N–H and O–H groups in total. The van der Waals surface area contributed by atoms with Crippen LogP contribution in [0.4, 0.5) is 20.2 Å². The van der Waals surface area contributed by atoms with Gasteiger partial charge in [0.25, 0.3) is 5.69 Å². The number of carbonyl (C=O) groups excluding carboxylic acids is 1. The molecule has 0 aliphatic rings. The number of benzene rings is 1. The fraction of sp³-hybridized carbons (Fsp3) is 0.0667. The zero-order valence-electron chi connectivity index (χ0n) is 12.1.